The van der Waals surface area contributed by atoms with Crippen LogP contribution in [0, 0.1) is 18.3 Å². The highest BCUT2D eigenvalue weighted by Gasteiger charge is 2.10. The van der Waals surface area contributed by atoms with Gasteiger partial charge in [0.25, 0.3) is 5.91 Å². The third kappa shape index (κ3) is 5.50. The molecule has 0 unspecified atom stereocenters. The van der Waals surface area contributed by atoms with Gasteiger partial charge in [-0.15, -0.1) is 0 Å². The first-order chi connectivity index (χ1) is 12.1. The fourth-order valence-corrected chi connectivity index (χ4v) is 2.21. The number of aryl methyl sites for hydroxylation is 1. The standard InChI is InChI=1S/C21H22N2O2/c1-3-4-13-25-19-11-9-17(10-12-19)14-18(15-22)21(24)23-20-8-6-5-7-16(20)2/h5-12,14H,3-4,13H2,1-2H3,(H,23,24)/b18-14+. The summed E-state index contributed by atoms with van der Waals surface area (Å²) >= 11 is 0. The van der Waals surface area contributed by atoms with Gasteiger partial charge in [-0.2, -0.15) is 5.26 Å². The SMILES string of the molecule is CCCCOc1ccc(/C=C(\C#N)C(=O)Nc2ccccc2C)cc1. The van der Waals surface area contributed by atoms with Crippen LogP contribution in [0.4, 0.5) is 5.69 Å². The number of nitrogens with one attached hydrogen (secondary N) is 1. The number of rotatable bonds is 7. The van der Waals surface area contributed by atoms with Gasteiger partial charge >= 0.3 is 0 Å². The fraction of sp³-hybridized carbons (Fsp3) is 0.238. The first kappa shape index (κ1) is 18.3. The highest BCUT2D eigenvalue weighted by Crippen LogP contribution is 2.17. The average Bonchev–Trinajstić information content (AvgIpc) is 2.63. The summed E-state index contributed by atoms with van der Waals surface area (Å²) in [6, 6.07) is 16.8. The van der Waals surface area contributed by atoms with E-state index >= 15 is 0 Å². The van der Waals surface area contributed by atoms with Gasteiger partial charge in [0, 0.05) is 5.69 Å². The van der Waals surface area contributed by atoms with Crippen molar-refractivity contribution >= 4 is 17.7 Å². The maximum absolute atomic E-state index is 12.3. The number of benzene rings is 2. The zero-order valence-electron chi connectivity index (χ0n) is 14.6. The smallest absolute Gasteiger partial charge is 0.266 e. The normalized spacial score (nSPS) is 10.8. The van der Waals surface area contributed by atoms with E-state index in [1.165, 1.54) is 0 Å². The van der Waals surface area contributed by atoms with Crippen LogP contribution in [-0.4, -0.2) is 12.5 Å². The van der Waals surface area contributed by atoms with Gasteiger partial charge in [0.15, 0.2) is 0 Å². The first-order valence-electron chi connectivity index (χ1n) is 8.35. The minimum Gasteiger partial charge on any atom is -0.494 e. The van der Waals surface area contributed by atoms with Crippen LogP contribution in [0.5, 0.6) is 5.75 Å². The number of carbonyl (C=O) groups is 1. The number of amides is 1. The van der Waals surface area contributed by atoms with E-state index in [1.807, 2.05) is 61.5 Å². The van der Waals surface area contributed by atoms with E-state index in [4.69, 9.17) is 4.74 Å². The molecule has 0 aliphatic heterocycles. The summed E-state index contributed by atoms with van der Waals surface area (Å²) in [5.41, 5.74) is 2.48. The van der Waals surface area contributed by atoms with Gasteiger partial charge in [0.2, 0.25) is 0 Å². The van der Waals surface area contributed by atoms with Crippen LogP contribution in [0.1, 0.15) is 30.9 Å². The van der Waals surface area contributed by atoms with Gasteiger partial charge in [-0.1, -0.05) is 43.7 Å². The summed E-state index contributed by atoms with van der Waals surface area (Å²) in [4.78, 5) is 12.3. The minimum atomic E-state index is -0.417. The molecule has 25 heavy (non-hydrogen) atoms. The molecule has 4 heteroatoms. The zero-order valence-corrected chi connectivity index (χ0v) is 14.6. The minimum absolute atomic E-state index is 0.0582. The predicted molar refractivity (Wildman–Crippen MR) is 100 cm³/mol. The molecule has 2 rings (SSSR count). The Morgan fingerprint density at radius 1 is 1.20 bits per heavy atom. The Hall–Kier alpha value is -3.06. The molecule has 2 aromatic rings. The van der Waals surface area contributed by atoms with Crippen LogP contribution in [0.25, 0.3) is 6.08 Å². The Bertz CT molecular complexity index is 786. The number of anilines is 1. The van der Waals surface area contributed by atoms with Crippen LogP contribution in [0.2, 0.25) is 0 Å². The second-order valence-corrected chi connectivity index (χ2v) is 5.71. The summed E-state index contributed by atoms with van der Waals surface area (Å²) < 4.78 is 5.61. The van der Waals surface area contributed by atoms with Crippen molar-refractivity contribution in [2.75, 3.05) is 11.9 Å². The molecular formula is C21H22N2O2. The molecule has 0 radical (unpaired) electrons. The molecule has 0 aliphatic rings. The third-order valence-electron chi connectivity index (χ3n) is 3.72. The van der Waals surface area contributed by atoms with Crippen LogP contribution < -0.4 is 10.1 Å². The molecule has 0 saturated heterocycles. The number of carbonyl (C=O) groups excluding carboxylic acids is 1. The van der Waals surface area contributed by atoms with Gasteiger partial charge in [0.05, 0.1) is 6.61 Å². The Morgan fingerprint density at radius 2 is 1.92 bits per heavy atom. The average molecular weight is 334 g/mol. The maximum Gasteiger partial charge on any atom is 0.266 e. The molecule has 0 saturated carbocycles. The van der Waals surface area contributed by atoms with E-state index in [9.17, 15) is 10.1 Å². The van der Waals surface area contributed by atoms with Gasteiger partial charge in [-0.3, -0.25) is 4.79 Å². The predicted octanol–water partition coefficient (Wildman–Crippen LogP) is 4.72. The number of hydrogen-bond donors (Lipinski definition) is 1. The molecule has 0 atom stereocenters. The summed E-state index contributed by atoms with van der Waals surface area (Å²) in [6.45, 7) is 4.71. The molecule has 0 fully saturated rings. The molecule has 0 aliphatic carbocycles. The molecule has 4 nitrogen and oxygen atoms in total. The fourth-order valence-electron chi connectivity index (χ4n) is 2.21. The van der Waals surface area contributed by atoms with Crippen molar-refractivity contribution in [2.45, 2.75) is 26.7 Å². The number of nitriles is 1. The summed E-state index contributed by atoms with van der Waals surface area (Å²) in [5.74, 6) is 0.369. The Kier molecular flexibility index (Phi) is 6.79. The molecule has 0 bridgehead atoms. The molecule has 1 N–H and O–H groups in total. The van der Waals surface area contributed by atoms with Gasteiger partial charge in [-0.25, -0.2) is 0 Å². The number of ether oxygens (including phenoxy) is 1. The van der Waals surface area contributed by atoms with Crippen molar-refractivity contribution in [3.8, 4) is 11.8 Å². The molecular weight excluding hydrogens is 312 g/mol. The third-order valence-corrected chi connectivity index (χ3v) is 3.72. The molecule has 0 heterocycles. The quantitative estimate of drug-likeness (QED) is 0.453. The monoisotopic (exact) mass is 334 g/mol. The maximum atomic E-state index is 12.3. The number of unbranched alkanes of at least 4 members (excludes halogenated alkanes) is 1. The van der Waals surface area contributed by atoms with Crippen molar-refractivity contribution in [1.29, 1.82) is 5.26 Å². The van der Waals surface area contributed by atoms with Gasteiger partial charge in [0.1, 0.15) is 17.4 Å². The molecule has 0 aromatic heterocycles. The van der Waals surface area contributed by atoms with Crippen LogP contribution in [0.15, 0.2) is 54.1 Å². The Morgan fingerprint density at radius 3 is 2.56 bits per heavy atom. The van der Waals surface area contributed by atoms with Crippen molar-refractivity contribution < 1.29 is 9.53 Å². The Balaban J connectivity index is 2.07. The topological polar surface area (TPSA) is 62.1 Å². The van der Waals surface area contributed by atoms with Crippen molar-refractivity contribution in [2.24, 2.45) is 0 Å². The van der Waals surface area contributed by atoms with E-state index in [0.717, 1.165) is 29.7 Å². The van der Waals surface area contributed by atoms with E-state index < -0.39 is 5.91 Å². The number of nitrogens with zero attached hydrogens (tertiary/aromatic N) is 1. The van der Waals surface area contributed by atoms with Crippen LogP contribution >= 0.6 is 0 Å². The molecule has 2 aromatic carbocycles. The lowest BCUT2D eigenvalue weighted by Gasteiger charge is -2.07. The van der Waals surface area contributed by atoms with E-state index in [1.54, 1.807) is 6.08 Å². The lowest BCUT2D eigenvalue weighted by atomic mass is 10.1. The van der Waals surface area contributed by atoms with Gasteiger partial charge in [-0.05, 0) is 48.7 Å². The summed E-state index contributed by atoms with van der Waals surface area (Å²) in [7, 11) is 0. The molecule has 0 spiro atoms. The second-order valence-electron chi connectivity index (χ2n) is 5.71. The number of hydrogen-bond acceptors (Lipinski definition) is 3. The van der Waals surface area contributed by atoms with E-state index in [-0.39, 0.29) is 5.57 Å². The largest absolute Gasteiger partial charge is 0.494 e. The van der Waals surface area contributed by atoms with E-state index in [0.29, 0.717) is 12.3 Å². The van der Waals surface area contributed by atoms with Crippen LogP contribution in [0.3, 0.4) is 0 Å². The van der Waals surface area contributed by atoms with E-state index in [2.05, 4.69) is 12.2 Å². The zero-order chi connectivity index (χ0) is 18.1. The van der Waals surface area contributed by atoms with Crippen molar-refractivity contribution in [3.63, 3.8) is 0 Å². The lowest BCUT2D eigenvalue weighted by Crippen LogP contribution is -2.14. The second kappa shape index (κ2) is 9.29. The lowest BCUT2D eigenvalue weighted by molar-refractivity contribution is -0.112. The number of para-hydroxylation sites is 1. The highest BCUT2D eigenvalue weighted by molar-refractivity contribution is 6.09. The first-order valence-corrected chi connectivity index (χ1v) is 8.35. The van der Waals surface area contributed by atoms with Crippen molar-refractivity contribution in [3.05, 3.63) is 65.2 Å². The summed E-state index contributed by atoms with van der Waals surface area (Å²) in [6.07, 6.45) is 3.67. The Labute approximate surface area is 148 Å². The van der Waals surface area contributed by atoms with Gasteiger partial charge < -0.3 is 10.1 Å². The summed E-state index contributed by atoms with van der Waals surface area (Å²) in [5, 5.41) is 12.1. The van der Waals surface area contributed by atoms with Crippen LogP contribution in [-0.2, 0) is 4.79 Å². The van der Waals surface area contributed by atoms with Crippen molar-refractivity contribution in [1.82, 2.24) is 0 Å². The molecule has 128 valence electrons. The molecule has 1 amide bonds. The highest BCUT2D eigenvalue weighted by atomic mass is 16.5.